The second-order valence-corrected chi connectivity index (χ2v) is 5.79. The van der Waals surface area contributed by atoms with Gasteiger partial charge in [0, 0.05) is 12.5 Å². The zero-order valence-corrected chi connectivity index (χ0v) is 11.5. The first kappa shape index (κ1) is 14.7. The maximum absolute atomic E-state index is 11.7. The molecule has 1 rings (SSSR count). The van der Waals surface area contributed by atoms with Crippen LogP contribution in [0.3, 0.4) is 0 Å². The molecule has 1 unspecified atom stereocenters. The third kappa shape index (κ3) is 4.51. The summed E-state index contributed by atoms with van der Waals surface area (Å²) in [5.41, 5.74) is -0.515. The third-order valence-electron chi connectivity index (χ3n) is 3.15. The van der Waals surface area contributed by atoms with Gasteiger partial charge in [-0.25, -0.2) is 4.79 Å². The molecule has 0 aliphatic heterocycles. The standard InChI is InChI=1S/C14H23NO3/c1-5-12(16)11(10-7-6-8-10)9-15-13(17)18-14(2,3)4/h5,10-11H,1,6-9H2,2-4H3,(H,15,17). The molecule has 1 aliphatic carbocycles. The highest BCUT2D eigenvalue weighted by molar-refractivity contribution is 5.92. The second-order valence-electron chi connectivity index (χ2n) is 5.79. The number of alkyl carbamates (subject to hydrolysis) is 1. The molecule has 4 heteroatoms. The number of amides is 1. The van der Waals surface area contributed by atoms with Crippen molar-refractivity contribution in [3.8, 4) is 0 Å². The SMILES string of the molecule is C=CC(=O)C(CNC(=O)OC(C)(C)C)C1CCC1. The Morgan fingerprint density at radius 1 is 1.44 bits per heavy atom. The average Bonchev–Trinajstić information content (AvgIpc) is 2.17. The Kier molecular flexibility index (Phi) is 4.93. The highest BCUT2D eigenvalue weighted by Gasteiger charge is 2.31. The van der Waals surface area contributed by atoms with E-state index in [-0.39, 0.29) is 11.7 Å². The molecule has 0 radical (unpaired) electrons. The molecule has 1 fully saturated rings. The summed E-state index contributed by atoms with van der Waals surface area (Å²) in [5.74, 6) is 0.241. The molecule has 1 atom stereocenters. The van der Waals surface area contributed by atoms with E-state index in [0.717, 1.165) is 19.3 Å². The monoisotopic (exact) mass is 253 g/mol. The molecular formula is C14H23NO3. The molecule has 1 amide bonds. The molecule has 0 heterocycles. The van der Waals surface area contributed by atoms with Gasteiger partial charge in [-0.3, -0.25) is 4.79 Å². The molecule has 1 aliphatic rings. The van der Waals surface area contributed by atoms with Gasteiger partial charge < -0.3 is 10.1 Å². The highest BCUT2D eigenvalue weighted by atomic mass is 16.6. The van der Waals surface area contributed by atoms with Crippen LogP contribution in [0, 0.1) is 11.8 Å². The van der Waals surface area contributed by atoms with Crippen molar-refractivity contribution in [1.82, 2.24) is 5.32 Å². The fourth-order valence-corrected chi connectivity index (χ4v) is 2.00. The molecule has 102 valence electrons. The maximum Gasteiger partial charge on any atom is 0.407 e. The quantitative estimate of drug-likeness (QED) is 0.766. The number of ketones is 1. The highest BCUT2D eigenvalue weighted by Crippen LogP contribution is 2.33. The predicted octanol–water partition coefficient (Wildman–Crippen LogP) is 2.68. The number of rotatable bonds is 5. The van der Waals surface area contributed by atoms with E-state index in [0.29, 0.717) is 12.5 Å². The van der Waals surface area contributed by atoms with E-state index in [1.54, 1.807) is 0 Å². The number of carbonyl (C=O) groups is 2. The summed E-state index contributed by atoms with van der Waals surface area (Å²) in [6.07, 6.45) is 4.15. The van der Waals surface area contributed by atoms with Gasteiger partial charge in [-0.1, -0.05) is 13.0 Å². The third-order valence-corrected chi connectivity index (χ3v) is 3.15. The minimum absolute atomic E-state index is 0.00996. The smallest absolute Gasteiger partial charge is 0.407 e. The van der Waals surface area contributed by atoms with Crippen molar-refractivity contribution in [2.24, 2.45) is 11.8 Å². The van der Waals surface area contributed by atoms with Gasteiger partial charge in [-0.05, 0) is 45.6 Å². The van der Waals surface area contributed by atoms with E-state index >= 15 is 0 Å². The van der Waals surface area contributed by atoms with Crippen LogP contribution in [-0.2, 0) is 9.53 Å². The lowest BCUT2D eigenvalue weighted by Gasteiger charge is -2.32. The fraction of sp³-hybridized carbons (Fsp3) is 0.714. The van der Waals surface area contributed by atoms with Gasteiger partial charge in [-0.2, -0.15) is 0 Å². The molecule has 0 bridgehead atoms. The van der Waals surface area contributed by atoms with E-state index in [1.165, 1.54) is 6.08 Å². The topological polar surface area (TPSA) is 55.4 Å². The zero-order valence-electron chi connectivity index (χ0n) is 11.5. The Hall–Kier alpha value is -1.32. The van der Waals surface area contributed by atoms with Crippen molar-refractivity contribution in [2.75, 3.05) is 6.54 Å². The molecule has 4 nitrogen and oxygen atoms in total. The van der Waals surface area contributed by atoms with Crippen LogP contribution in [0.1, 0.15) is 40.0 Å². The number of nitrogens with one attached hydrogen (secondary N) is 1. The van der Waals surface area contributed by atoms with Gasteiger partial charge in [0.25, 0.3) is 0 Å². The summed E-state index contributed by atoms with van der Waals surface area (Å²) in [6, 6.07) is 0. The molecular weight excluding hydrogens is 230 g/mol. The average molecular weight is 253 g/mol. The predicted molar refractivity (Wildman–Crippen MR) is 70.3 cm³/mol. The Bertz CT molecular complexity index is 326. The first-order chi connectivity index (χ1) is 8.33. The van der Waals surface area contributed by atoms with Crippen molar-refractivity contribution in [1.29, 1.82) is 0 Å². The van der Waals surface area contributed by atoms with E-state index in [9.17, 15) is 9.59 Å². The number of ether oxygens (including phenoxy) is 1. The lowest BCUT2D eigenvalue weighted by atomic mass is 9.74. The summed E-state index contributed by atoms with van der Waals surface area (Å²) < 4.78 is 5.15. The van der Waals surface area contributed by atoms with Crippen LogP contribution in [0.4, 0.5) is 4.79 Å². The van der Waals surface area contributed by atoms with Crippen molar-refractivity contribution >= 4 is 11.9 Å². The largest absolute Gasteiger partial charge is 0.444 e. The minimum atomic E-state index is -0.515. The summed E-state index contributed by atoms with van der Waals surface area (Å²) in [7, 11) is 0. The Morgan fingerprint density at radius 3 is 2.44 bits per heavy atom. The molecule has 1 N–H and O–H groups in total. The van der Waals surface area contributed by atoms with Crippen molar-refractivity contribution in [3.63, 3.8) is 0 Å². The molecule has 0 aromatic heterocycles. The van der Waals surface area contributed by atoms with Crippen LogP contribution in [0.15, 0.2) is 12.7 Å². The van der Waals surface area contributed by atoms with Gasteiger partial charge in [-0.15, -0.1) is 0 Å². The Labute approximate surface area is 109 Å². The van der Waals surface area contributed by atoms with Gasteiger partial charge in [0.05, 0.1) is 0 Å². The van der Waals surface area contributed by atoms with Gasteiger partial charge in [0.1, 0.15) is 5.60 Å². The van der Waals surface area contributed by atoms with E-state index in [2.05, 4.69) is 11.9 Å². The lowest BCUT2D eigenvalue weighted by molar-refractivity contribution is -0.120. The van der Waals surface area contributed by atoms with Crippen LogP contribution >= 0.6 is 0 Å². The summed E-state index contributed by atoms with van der Waals surface area (Å²) in [6.45, 7) is 9.28. The van der Waals surface area contributed by atoms with Crippen molar-refractivity contribution in [3.05, 3.63) is 12.7 Å². The molecule has 1 saturated carbocycles. The van der Waals surface area contributed by atoms with E-state index in [4.69, 9.17) is 4.74 Å². The van der Waals surface area contributed by atoms with E-state index in [1.807, 2.05) is 20.8 Å². The fourth-order valence-electron chi connectivity index (χ4n) is 2.00. The van der Waals surface area contributed by atoms with E-state index < -0.39 is 11.7 Å². The maximum atomic E-state index is 11.7. The van der Waals surface area contributed by atoms with Crippen molar-refractivity contribution < 1.29 is 14.3 Å². The van der Waals surface area contributed by atoms with Gasteiger partial charge >= 0.3 is 6.09 Å². The minimum Gasteiger partial charge on any atom is -0.444 e. The number of hydrogen-bond acceptors (Lipinski definition) is 3. The van der Waals surface area contributed by atoms with Crippen LogP contribution in [-0.4, -0.2) is 24.0 Å². The molecule has 0 aromatic carbocycles. The van der Waals surface area contributed by atoms with Crippen LogP contribution in [0.5, 0.6) is 0 Å². The van der Waals surface area contributed by atoms with Crippen LogP contribution in [0.2, 0.25) is 0 Å². The van der Waals surface area contributed by atoms with Crippen molar-refractivity contribution in [2.45, 2.75) is 45.6 Å². The van der Waals surface area contributed by atoms with Gasteiger partial charge in [0.15, 0.2) is 5.78 Å². The first-order valence-electron chi connectivity index (χ1n) is 6.46. The molecule has 0 spiro atoms. The van der Waals surface area contributed by atoms with Crippen LogP contribution in [0.25, 0.3) is 0 Å². The zero-order chi connectivity index (χ0) is 13.8. The van der Waals surface area contributed by atoms with Gasteiger partial charge in [0.2, 0.25) is 0 Å². The summed E-state index contributed by atoms with van der Waals surface area (Å²) in [4.78, 5) is 23.3. The number of hydrogen-bond donors (Lipinski definition) is 1. The summed E-state index contributed by atoms with van der Waals surface area (Å²) in [5, 5.41) is 2.67. The Balaban J connectivity index is 2.44. The normalized spacial score (nSPS) is 17.5. The first-order valence-corrected chi connectivity index (χ1v) is 6.46. The number of allylic oxidation sites excluding steroid dienone is 1. The molecule has 0 saturated heterocycles. The Morgan fingerprint density at radius 2 is 2.06 bits per heavy atom. The number of carbonyl (C=O) groups excluding carboxylic acids is 2. The van der Waals surface area contributed by atoms with Crippen LogP contribution < -0.4 is 5.32 Å². The molecule has 18 heavy (non-hydrogen) atoms. The molecule has 0 aromatic rings. The second kappa shape index (κ2) is 6.03. The summed E-state index contributed by atoms with van der Waals surface area (Å²) >= 11 is 0. The lowest BCUT2D eigenvalue weighted by Crippen LogP contribution is -2.40.